The Bertz CT molecular complexity index is 184. The fraction of sp³-hybridized carbons (Fsp3) is 0.889. The summed E-state index contributed by atoms with van der Waals surface area (Å²) < 4.78 is 0. The van der Waals surface area contributed by atoms with Gasteiger partial charge in [0.25, 0.3) is 0 Å². The van der Waals surface area contributed by atoms with E-state index in [4.69, 9.17) is 5.11 Å². The van der Waals surface area contributed by atoms with Crippen molar-refractivity contribution >= 4 is 5.97 Å². The van der Waals surface area contributed by atoms with Gasteiger partial charge in [0.2, 0.25) is 0 Å². The van der Waals surface area contributed by atoms with Crippen LogP contribution in [0.15, 0.2) is 0 Å². The summed E-state index contributed by atoms with van der Waals surface area (Å²) in [4.78, 5) is 12.4. The number of carboxylic acids is 1. The van der Waals surface area contributed by atoms with Crippen LogP contribution < -0.4 is 0 Å². The summed E-state index contributed by atoms with van der Waals surface area (Å²) in [6.07, 6.45) is 1.33. The van der Waals surface area contributed by atoms with Crippen molar-refractivity contribution < 1.29 is 15.0 Å². The van der Waals surface area contributed by atoms with E-state index in [1.807, 2.05) is 7.05 Å². The molecule has 4 heteroatoms. The second-order valence-corrected chi connectivity index (χ2v) is 3.81. The van der Waals surface area contributed by atoms with E-state index < -0.39 is 5.97 Å². The molecular formula is C9H17NO3. The molecule has 1 aliphatic rings. The van der Waals surface area contributed by atoms with Gasteiger partial charge in [0.05, 0.1) is 6.10 Å². The van der Waals surface area contributed by atoms with E-state index in [0.717, 1.165) is 13.0 Å². The first-order valence-corrected chi connectivity index (χ1v) is 4.68. The quantitative estimate of drug-likeness (QED) is 0.661. The summed E-state index contributed by atoms with van der Waals surface area (Å²) in [5.74, 6) is -0.599. The molecule has 0 aliphatic carbocycles. The Kier molecular flexibility index (Phi) is 3.69. The molecule has 76 valence electrons. The minimum Gasteiger partial charge on any atom is -0.481 e. The number of rotatable bonds is 3. The first kappa shape index (κ1) is 10.5. The number of carbonyl (C=O) groups is 1. The number of carboxylic acid groups (broad SMARTS) is 1. The number of likely N-dealkylation sites (tertiary alicyclic amines) is 1. The van der Waals surface area contributed by atoms with Crippen molar-refractivity contribution in [3.8, 4) is 0 Å². The van der Waals surface area contributed by atoms with Crippen LogP contribution in [0.3, 0.4) is 0 Å². The molecule has 0 aromatic carbocycles. The van der Waals surface area contributed by atoms with Crippen LogP contribution in [0.2, 0.25) is 0 Å². The molecule has 0 unspecified atom stereocenters. The van der Waals surface area contributed by atoms with Crippen molar-refractivity contribution in [1.82, 2.24) is 4.90 Å². The molecular weight excluding hydrogens is 170 g/mol. The summed E-state index contributed by atoms with van der Waals surface area (Å²) in [7, 11) is 1.97. The molecule has 1 aliphatic heterocycles. The van der Waals surface area contributed by atoms with Crippen molar-refractivity contribution in [2.75, 3.05) is 20.1 Å². The summed E-state index contributed by atoms with van der Waals surface area (Å²) in [6.45, 7) is 1.63. The highest BCUT2D eigenvalue weighted by Crippen LogP contribution is 2.21. The molecule has 0 amide bonds. The molecule has 0 bridgehead atoms. The standard InChI is InChI=1S/C9H17NO3/c1-10-5-4-7(8(11)6-10)2-3-9(12)13/h7-8,11H,2-6H2,1H3,(H,12,13)/t7-,8+/m0/s1. The van der Waals surface area contributed by atoms with Gasteiger partial charge in [-0.15, -0.1) is 0 Å². The Balaban J connectivity index is 2.29. The number of aliphatic carboxylic acids is 1. The molecule has 1 rings (SSSR count). The lowest BCUT2D eigenvalue weighted by Gasteiger charge is -2.33. The van der Waals surface area contributed by atoms with Crippen LogP contribution in [-0.2, 0) is 4.79 Å². The molecule has 0 saturated carbocycles. The average Bonchev–Trinajstić information content (AvgIpc) is 2.02. The lowest BCUT2D eigenvalue weighted by atomic mass is 9.90. The summed E-state index contributed by atoms with van der Waals surface area (Å²) in [5.41, 5.74) is 0. The molecule has 2 N–H and O–H groups in total. The maximum Gasteiger partial charge on any atom is 0.303 e. The van der Waals surface area contributed by atoms with E-state index in [9.17, 15) is 9.90 Å². The number of aliphatic hydroxyl groups is 1. The van der Waals surface area contributed by atoms with E-state index in [-0.39, 0.29) is 18.4 Å². The largest absolute Gasteiger partial charge is 0.481 e. The lowest BCUT2D eigenvalue weighted by molar-refractivity contribution is -0.137. The van der Waals surface area contributed by atoms with Gasteiger partial charge in [-0.25, -0.2) is 0 Å². The molecule has 0 radical (unpaired) electrons. The minimum absolute atomic E-state index is 0.172. The van der Waals surface area contributed by atoms with Gasteiger partial charge in [0.15, 0.2) is 0 Å². The zero-order valence-corrected chi connectivity index (χ0v) is 7.94. The van der Waals surface area contributed by atoms with E-state index in [0.29, 0.717) is 13.0 Å². The van der Waals surface area contributed by atoms with Gasteiger partial charge in [0, 0.05) is 13.0 Å². The first-order valence-electron chi connectivity index (χ1n) is 4.68. The predicted molar refractivity (Wildman–Crippen MR) is 48.5 cm³/mol. The monoisotopic (exact) mass is 187 g/mol. The van der Waals surface area contributed by atoms with E-state index in [1.165, 1.54) is 0 Å². The number of hydrogen-bond acceptors (Lipinski definition) is 3. The van der Waals surface area contributed by atoms with Crippen molar-refractivity contribution in [3.05, 3.63) is 0 Å². The maximum atomic E-state index is 10.3. The van der Waals surface area contributed by atoms with E-state index in [2.05, 4.69) is 4.90 Å². The normalized spacial score (nSPS) is 30.3. The Morgan fingerprint density at radius 2 is 2.31 bits per heavy atom. The van der Waals surface area contributed by atoms with Gasteiger partial charge in [-0.05, 0) is 32.4 Å². The molecule has 13 heavy (non-hydrogen) atoms. The SMILES string of the molecule is CN1CC[C@H](CCC(=O)O)[C@H](O)C1. The first-order chi connectivity index (χ1) is 6.09. The highest BCUT2D eigenvalue weighted by Gasteiger charge is 2.25. The van der Waals surface area contributed by atoms with Crippen LogP contribution in [0.1, 0.15) is 19.3 Å². The third-order valence-corrected chi connectivity index (χ3v) is 2.65. The van der Waals surface area contributed by atoms with Crippen molar-refractivity contribution in [2.24, 2.45) is 5.92 Å². The molecule has 0 spiro atoms. The third kappa shape index (κ3) is 3.32. The van der Waals surface area contributed by atoms with Crippen LogP contribution in [0, 0.1) is 5.92 Å². The zero-order valence-electron chi connectivity index (χ0n) is 7.94. The minimum atomic E-state index is -0.772. The van der Waals surface area contributed by atoms with Gasteiger partial charge in [0.1, 0.15) is 0 Å². The second-order valence-electron chi connectivity index (χ2n) is 3.81. The van der Waals surface area contributed by atoms with Crippen LogP contribution >= 0.6 is 0 Å². The Labute approximate surface area is 78.2 Å². The maximum absolute atomic E-state index is 10.3. The number of hydrogen-bond donors (Lipinski definition) is 2. The van der Waals surface area contributed by atoms with Gasteiger partial charge in [-0.3, -0.25) is 4.79 Å². The second kappa shape index (κ2) is 4.58. The van der Waals surface area contributed by atoms with E-state index in [1.54, 1.807) is 0 Å². The number of likely N-dealkylation sites (N-methyl/N-ethyl adjacent to an activating group) is 1. The summed E-state index contributed by atoms with van der Waals surface area (Å²) in [5, 5.41) is 18.1. The smallest absolute Gasteiger partial charge is 0.303 e. The third-order valence-electron chi connectivity index (χ3n) is 2.65. The predicted octanol–water partition coefficient (Wildman–Crippen LogP) is 0.164. The molecule has 0 aromatic rings. The van der Waals surface area contributed by atoms with Gasteiger partial charge in [-0.1, -0.05) is 0 Å². The highest BCUT2D eigenvalue weighted by atomic mass is 16.4. The lowest BCUT2D eigenvalue weighted by Crippen LogP contribution is -2.41. The van der Waals surface area contributed by atoms with Gasteiger partial charge in [-0.2, -0.15) is 0 Å². The van der Waals surface area contributed by atoms with Gasteiger partial charge < -0.3 is 15.1 Å². The molecule has 1 saturated heterocycles. The number of β-amino-alcohol motifs (C(OH)–C–C–N with tert-alkyl or cyclic N) is 1. The number of piperidine rings is 1. The van der Waals surface area contributed by atoms with E-state index >= 15 is 0 Å². The zero-order chi connectivity index (χ0) is 9.84. The fourth-order valence-corrected chi connectivity index (χ4v) is 1.78. The Morgan fingerprint density at radius 1 is 1.62 bits per heavy atom. The summed E-state index contributed by atoms with van der Waals surface area (Å²) in [6, 6.07) is 0. The van der Waals surface area contributed by atoms with Crippen molar-refractivity contribution in [2.45, 2.75) is 25.4 Å². The number of nitrogens with zero attached hydrogens (tertiary/aromatic N) is 1. The molecule has 2 atom stereocenters. The molecule has 0 aromatic heterocycles. The van der Waals surface area contributed by atoms with Crippen molar-refractivity contribution in [3.63, 3.8) is 0 Å². The Hall–Kier alpha value is -0.610. The van der Waals surface area contributed by atoms with Crippen molar-refractivity contribution in [1.29, 1.82) is 0 Å². The molecule has 1 heterocycles. The highest BCUT2D eigenvalue weighted by molar-refractivity contribution is 5.66. The van der Waals surface area contributed by atoms with Gasteiger partial charge >= 0.3 is 5.97 Å². The molecule has 4 nitrogen and oxygen atoms in total. The fourth-order valence-electron chi connectivity index (χ4n) is 1.78. The molecule has 1 fully saturated rings. The van der Waals surface area contributed by atoms with Crippen LogP contribution in [0.5, 0.6) is 0 Å². The number of aliphatic hydroxyl groups excluding tert-OH is 1. The van der Waals surface area contributed by atoms with Crippen LogP contribution in [0.4, 0.5) is 0 Å². The topological polar surface area (TPSA) is 60.8 Å². The summed E-state index contributed by atoms with van der Waals surface area (Å²) >= 11 is 0. The van der Waals surface area contributed by atoms with Crippen LogP contribution in [-0.4, -0.2) is 47.3 Å². The Morgan fingerprint density at radius 3 is 2.85 bits per heavy atom. The van der Waals surface area contributed by atoms with Crippen LogP contribution in [0.25, 0.3) is 0 Å². The average molecular weight is 187 g/mol.